The van der Waals surface area contributed by atoms with Crippen LogP contribution in [0.2, 0.25) is 0 Å². The summed E-state index contributed by atoms with van der Waals surface area (Å²) in [4.78, 5) is 8.04. The smallest absolute Gasteiger partial charge is 0.141 e. The van der Waals surface area contributed by atoms with Gasteiger partial charge in [0, 0.05) is 0 Å². The molecule has 0 aliphatic carbocycles. The molecule has 0 unspecified atom stereocenters. The van der Waals surface area contributed by atoms with Crippen LogP contribution < -0.4 is 20.9 Å². The van der Waals surface area contributed by atoms with E-state index >= 15 is 0 Å². The first-order valence-electron chi connectivity index (χ1n) is 7.43. The number of amidine groups is 2. The minimum Gasteiger partial charge on any atom is -0.492 e. The van der Waals surface area contributed by atoms with Crippen LogP contribution in [0.3, 0.4) is 0 Å². The predicted octanol–water partition coefficient (Wildman–Crippen LogP) is 1.28. The molecule has 8 nitrogen and oxygen atoms in total. The summed E-state index contributed by atoms with van der Waals surface area (Å²) in [6.07, 6.45) is 4.76. The van der Waals surface area contributed by atoms with Gasteiger partial charge in [0.15, 0.2) is 0 Å². The predicted molar refractivity (Wildman–Crippen MR) is 90.7 cm³/mol. The maximum Gasteiger partial charge on any atom is 0.141 e. The molecule has 2 rings (SSSR count). The zero-order valence-corrected chi connectivity index (χ0v) is 13.2. The quantitative estimate of drug-likeness (QED) is 0.310. The number of hydrogen-bond donors (Lipinski definition) is 4. The summed E-state index contributed by atoms with van der Waals surface area (Å²) in [5.74, 6) is 1.16. The van der Waals surface area contributed by atoms with E-state index in [2.05, 4.69) is 9.97 Å². The van der Waals surface area contributed by atoms with E-state index in [4.69, 9.17) is 31.8 Å². The lowest BCUT2D eigenvalue weighted by Crippen LogP contribution is -2.13. The van der Waals surface area contributed by atoms with Crippen molar-refractivity contribution in [3.63, 3.8) is 0 Å². The lowest BCUT2D eigenvalue weighted by molar-refractivity contribution is 0.265. The molecule has 0 atom stereocenters. The van der Waals surface area contributed by atoms with Gasteiger partial charge in [0.05, 0.1) is 25.6 Å². The van der Waals surface area contributed by atoms with Crippen molar-refractivity contribution in [3.8, 4) is 11.5 Å². The van der Waals surface area contributed by atoms with Crippen LogP contribution in [0.1, 0.15) is 24.2 Å². The normalized spacial score (nSPS) is 10.2. The standard InChI is InChI=1S/C16H20N6O2/c17-15(18)13-5-3-11(9-21-13)23-7-1-2-8-24-12-4-6-14(16(19)20)22-10-12/h3-6,9-10H,1-2,7-8H2,(H3,17,18)(H3,19,20). The first-order chi connectivity index (χ1) is 11.6. The van der Waals surface area contributed by atoms with Crippen LogP contribution in [0, 0.1) is 10.8 Å². The fraction of sp³-hybridized carbons (Fsp3) is 0.250. The summed E-state index contributed by atoms with van der Waals surface area (Å²) in [5.41, 5.74) is 11.5. The molecule has 126 valence electrons. The second-order valence-electron chi connectivity index (χ2n) is 4.99. The molecule has 6 N–H and O–H groups in total. The Labute approximate surface area is 139 Å². The van der Waals surface area contributed by atoms with Crippen molar-refractivity contribution < 1.29 is 9.47 Å². The zero-order chi connectivity index (χ0) is 17.4. The van der Waals surface area contributed by atoms with Crippen molar-refractivity contribution in [2.45, 2.75) is 12.8 Å². The van der Waals surface area contributed by atoms with Gasteiger partial charge in [-0.25, -0.2) is 9.97 Å². The number of pyridine rings is 2. The van der Waals surface area contributed by atoms with Crippen LogP contribution in [0.15, 0.2) is 36.7 Å². The van der Waals surface area contributed by atoms with Gasteiger partial charge in [-0.2, -0.15) is 0 Å². The molecule has 24 heavy (non-hydrogen) atoms. The molecule has 0 saturated carbocycles. The summed E-state index contributed by atoms with van der Waals surface area (Å²) < 4.78 is 11.1. The molecule has 0 fully saturated rings. The van der Waals surface area contributed by atoms with Crippen LogP contribution in [0.25, 0.3) is 0 Å². The highest BCUT2D eigenvalue weighted by molar-refractivity contribution is 5.93. The van der Waals surface area contributed by atoms with Gasteiger partial charge in [-0.3, -0.25) is 10.8 Å². The van der Waals surface area contributed by atoms with Crippen LogP contribution >= 0.6 is 0 Å². The molecular weight excluding hydrogens is 308 g/mol. The molecule has 8 heteroatoms. The van der Waals surface area contributed by atoms with E-state index in [9.17, 15) is 0 Å². The fourth-order valence-electron chi connectivity index (χ4n) is 1.83. The molecule has 0 radical (unpaired) electrons. The molecule has 0 bridgehead atoms. The van der Waals surface area contributed by atoms with Gasteiger partial charge in [0.25, 0.3) is 0 Å². The molecule has 0 aromatic carbocycles. The van der Waals surface area contributed by atoms with E-state index in [1.54, 1.807) is 36.7 Å². The van der Waals surface area contributed by atoms with E-state index in [1.165, 1.54) is 0 Å². The number of hydrogen-bond acceptors (Lipinski definition) is 6. The first-order valence-corrected chi connectivity index (χ1v) is 7.43. The van der Waals surface area contributed by atoms with Gasteiger partial charge >= 0.3 is 0 Å². The van der Waals surface area contributed by atoms with Gasteiger partial charge in [0.2, 0.25) is 0 Å². The Morgan fingerprint density at radius 1 is 0.792 bits per heavy atom. The second kappa shape index (κ2) is 8.47. The number of rotatable bonds is 9. The average molecular weight is 328 g/mol. The molecule has 0 aliphatic rings. The minimum atomic E-state index is -0.0653. The Kier molecular flexibility index (Phi) is 6.07. The van der Waals surface area contributed by atoms with Crippen molar-refractivity contribution in [2.24, 2.45) is 11.5 Å². The highest BCUT2D eigenvalue weighted by atomic mass is 16.5. The topological polar surface area (TPSA) is 144 Å². The van der Waals surface area contributed by atoms with Crippen LogP contribution in [0.5, 0.6) is 11.5 Å². The largest absolute Gasteiger partial charge is 0.492 e. The van der Waals surface area contributed by atoms with E-state index in [0.717, 1.165) is 12.8 Å². The summed E-state index contributed by atoms with van der Waals surface area (Å²) in [7, 11) is 0. The van der Waals surface area contributed by atoms with Crippen molar-refractivity contribution in [3.05, 3.63) is 48.0 Å². The maximum absolute atomic E-state index is 7.26. The maximum atomic E-state index is 7.26. The van der Waals surface area contributed by atoms with Gasteiger partial charge < -0.3 is 20.9 Å². The van der Waals surface area contributed by atoms with Crippen LogP contribution in [-0.4, -0.2) is 34.9 Å². The molecule has 2 aromatic heterocycles. The third-order valence-electron chi connectivity index (χ3n) is 3.10. The van der Waals surface area contributed by atoms with Crippen molar-refractivity contribution in [1.82, 2.24) is 9.97 Å². The number of aromatic nitrogens is 2. The first kappa shape index (κ1) is 17.2. The summed E-state index contributed by atoms with van der Waals surface area (Å²) >= 11 is 0. The molecule has 0 saturated heterocycles. The van der Waals surface area contributed by atoms with Gasteiger partial charge in [0.1, 0.15) is 34.6 Å². The Morgan fingerprint density at radius 3 is 1.50 bits per heavy atom. The van der Waals surface area contributed by atoms with E-state index in [0.29, 0.717) is 36.1 Å². The Morgan fingerprint density at radius 2 is 1.21 bits per heavy atom. The summed E-state index contributed by atoms with van der Waals surface area (Å²) in [5, 5.41) is 14.5. The lowest BCUT2D eigenvalue weighted by atomic mass is 10.3. The molecule has 2 heterocycles. The van der Waals surface area contributed by atoms with Crippen LogP contribution in [0.4, 0.5) is 0 Å². The number of nitrogens with two attached hydrogens (primary N) is 2. The zero-order valence-electron chi connectivity index (χ0n) is 13.2. The van der Waals surface area contributed by atoms with Crippen molar-refractivity contribution in [1.29, 1.82) is 10.8 Å². The molecular formula is C16H20N6O2. The van der Waals surface area contributed by atoms with E-state index in [1.807, 2.05) is 0 Å². The van der Waals surface area contributed by atoms with E-state index in [-0.39, 0.29) is 11.7 Å². The average Bonchev–Trinajstić information content (AvgIpc) is 2.58. The summed E-state index contributed by atoms with van der Waals surface area (Å²) in [6.45, 7) is 1.10. The Hall–Kier alpha value is -3.16. The van der Waals surface area contributed by atoms with Gasteiger partial charge in [-0.15, -0.1) is 0 Å². The number of nitrogens with zero attached hydrogens (tertiary/aromatic N) is 2. The fourth-order valence-corrected chi connectivity index (χ4v) is 1.83. The molecule has 2 aromatic rings. The third-order valence-corrected chi connectivity index (χ3v) is 3.10. The van der Waals surface area contributed by atoms with Crippen LogP contribution in [-0.2, 0) is 0 Å². The summed E-state index contributed by atoms with van der Waals surface area (Å²) in [6, 6.07) is 6.78. The molecule has 0 aliphatic heterocycles. The SMILES string of the molecule is N=C(N)c1ccc(OCCCCOc2ccc(C(=N)N)nc2)cn1. The van der Waals surface area contributed by atoms with E-state index < -0.39 is 0 Å². The van der Waals surface area contributed by atoms with Crippen molar-refractivity contribution >= 4 is 11.7 Å². The highest BCUT2D eigenvalue weighted by Gasteiger charge is 2.01. The third kappa shape index (κ3) is 5.24. The van der Waals surface area contributed by atoms with Gasteiger partial charge in [-0.05, 0) is 37.1 Å². The number of nitrogens with one attached hydrogen (secondary N) is 2. The monoisotopic (exact) mass is 328 g/mol. The minimum absolute atomic E-state index is 0.0653. The lowest BCUT2D eigenvalue weighted by Gasteiger charge is -2.08. The molecule has 0 spiro atoms. The number of unbranched alkanes of at least 4 members (excludes halogenated alkanes) is 1. The molecule has 0 amide bonds. The Balaban J connectivity index is 1.62. The van der Waals surface area contributed by atoms with Gasteiger partial charge in [-0.1, -0.05) is 0 Å². The Bertz CT molecular complexity index is 623. The van der Waals surface area contributed by atoms with Crippen molar-refractivity contribution in [2.75, 3.05) is 13.2 Å². The highest BCUT2D eigenvalue weighted by Crippen LogP contribution is 2.11. The number of nitrogen functional groups attached to an aromatic ring is 2. The number of ether oxygens (including phenoxy) is 2. The second-order valence-corrected chi connectivity index (χ2v) is 4.99.